The van der Waals surface area contributed by atoms with Crippen LogP contribution in [0.2, 0.25) is 0 Å². The van der Waals surface area contributed by atoms with Gasteiger partial charge in [0.15, 0.2) is 6.86 Å². The molecule has 1 rings (SSSR count). The van der Waals surface area contributed by atoms with Crippen LogP contribution in [0.25, 0.3) is 0 Å². The Hall–Kier alpha value is -1.85. The number of alkyl halides is 1. The molecule has 23 heavy (non-hydrogen) atoms. The van der Waals surface area contributed by atoms with Crippen molar-refractivity contribution < 1.29 is 31.9 Å². The SMILES string of the molecule is C=CC(=O)OCCOP(=S)(OCF)Oc1ccc(C#N)c(F)c1. The Morgan fingerprint density at radius 1 is 1.43 bits per heavy atom. The van der Waals surface area contributed by atoms with E-state index in [1.165, 1.54) is 12.1 Å². The third-order valence-corrected chi connectivity index (χ3v) is 4.43. The standard InChI is InChI=1S/C13H12F2NO5PS/c1-2-13(17)18-5-6-19-22(23,20-9-14)21-11-4-3-10(8-16)12(15)7-11/h2-4,7H,1,5-6,9H2. The van der Waals surface area contributed by atoms with Gasteiger partial charge in [-0.3, -0.25) is 9.05 Å². The molecule has 0 heterocycles. The van der Waals surface area contributed by atoms with Gasteiger partial charge in [0.2, 0.25) is 0 Å². The molecule has 0 spiro atoms. The first-order chi connectivity index (χ1) is 10.9. The third kappa shape index (κ3) is 6.42. The Kier molecular flexibility index (Phi) is 7.78. The molecule has 0 N–H and O–H groups in total. The monoisotopic (exact) mass is 363 g/mol. The number of nitrogens with zero attached hydrogens (tertiary/aromatic N) is 1. The molecule has 0 bridgehead atoms. The Balaban J connectivity index is 2.71. The first-order valence-corrected chi connectivity index (χ1v) is 8.63. The molecule has 0 aliphatic rings. The topological polar surface area (TPSA) is 77.8 Å². The van der Waals surface area contributed by atoms with Gasteiger partial charge in [-0.2, -0.15) is 5.26 Å². The maximum absolute atomic E-state index is 13.5. The lowest BCUT2D eigenvalue weighted by Gasteiger charge is -2.20. The van der Waals surface area contributed by atoms with Gasteiger partial charge in [-0.05, 0) is 12.1 Å². The lowest BCUT2D eigenvalue weighted by atomic mass is 10.2. The molecule has 1 atom stereocenters. The molecule has 6 nitrogen and oxygen atoms in total. The van der Waals surface area contributed by atoms with Crippen molar-refractivity contribution in [2.45, 2.75) is 0 Å². The molecule has 1 aromatic rings. The number of nitriles is 1. The number of rotatable bonds is 9. The lowest BCUT2D eigenvalue weighted by Crippen LogP contribution is -2.10. The molecule has 0 saturated carbocycles. The highest BCUT2D eigenvalue weighted by atomic mass is 32.5. The van der Waals surface area contributed by atoms with Crippen LogP contribution >= 0.6 is 6.72 Å². The van der Waals surface area contributed by atoms with Crippen molar-refractivity contribution in [2.75, 3.05) is 20.1 Å². The van der Waals surface area contributed by atoms with Crippen molar-refractivity contribution in [1.29, 1.82) is 5.26 Å². The number of carbonyl (C=O) groups is 1. The third-order valence-electron chi connectivity index (χ3n) is 2.23. The van der Waals surface area contributed by atoms with Crippen LogP contribution in [0.3, 0.4) is 0 Å². The molecule has 0 aliphatic heterocycles. The summed E-state index contributed by atoms with van der Waals surface area (Å²) in [5, 5.41) is 8.64. The summed E-state index contributed by atoms with van der Waals surface area (Å²) in [5.41, 5.74) is -0.186. The first kappa shape index (κ1) is 19.2. The highest BCUT2D eigenvalue weighted by molar-refractivity contribution is 8.07. The van der Waals surface area contributed by atoms with E-state index in [2.05, 4.69) is 15.8 Å². The predicted octanol–water partition coefficient (Wildman–Crippen LogP) is 2.99. The smallest absolute Gasteiger partial charge is 0.383 e. The van der Waals surface area contributed by atoms with Crippen LogP contribution in [0.4, 0.5) is 8.78 Å². The molecule has 10 heteroatoms. The fourth-order valence-electron chi connectivity index (χ4n) is 1.27. The van der Waals surface area contributed by atoms with Crippen LogP contribution in [0.1, 0.15) is 5.56 Å². The van der Waals surface area contributed by atoms with E-state index in [1.54, 1.807) is 6.07 Å². The van der Waals surface area contributed by atoms with Crippen LogP contribution in [0.15, 0.2) is 30.9 Å². The van der Waals surface area contributed by atoms with Gasteiger partial charge in [0, 0.05) is 23.9 Å². The summed E-state index contributed by atoms with van der Waals surface area (Å²) in [4.78, 5) is 10.8. The van der Waals surface area contributed by atoms with Crippen molar-refractivity contribution in [3.8, 4) is 11.8 Å². The van der Waals surface area contributed by atoms with Crippen LogP contribution in [-0.4, -0.2) is 26.0 Å². The van der Waals surface area contributed by atoms with E-state index in [0.717, 1.165) is 12.1 Å². The van der Waals surface area contributed by atoms with Gasteiger partial charge in [0.25, 0.3) is 0 Å². The molecule has 0 aliphatic carbocycles. The molecular formula is C13H12F2NO5PS. The number of hydrogen-bond acceptors (Lipinski definition) is 7. The fourth-order valence-corrected chi connectivity index (χ4v) is 2.84. The maximum Gasteiger partial charge on any atom is 0.383 e. The first-order valence-electron chi connectivity index (χ1n) is 6.07. The summed E-state index contributed by atoms with van der Waals surface area (Å²) < 4.78 is 45.5. The largest absolute Gasteiger partial charge is 0.460 e. The number of hydrogen-bond donors (Lipinski definition) is 0. The Morgan fingerprint density at radius 2 is 2.17 bits per heavy atom. The number of benzene rings is 1. The van der Waals surface area contributed by atoms with E-state index >= 15 is 0 Å². The van der Waals surface area contributed by atoms with Gasteiger partial charge in [0.1, 0.15) is 24.2 Å². The quantitative estimate of drug-likeness (QED) is 0.289. The molecule has 0 aromatic heterocycles. The zero-order valence-corrected chi connectivity index (χ0v) is 13.4. The summed E-state index contributed by atoms with van der Waals surface area (Å²) in [7, 11) is 0. The summed E-state index contributed by atoms with van der Waals surface area (Å²) in [6.07, 6.45) is 0.962. The minimum Gasteiger partial charge on any atom is -0.460 e. The van der Waals surface area contributed by atoms with E-state index in [0.29, 0.717) is 0 Å². The molecule has 0 saturated heterocycles. The van der Waals surface area contributed by atoms with Gasteiger partial charge >= 0.3 is 12.7 Å². The number of carbonyl (C=O) groups excluding carboxylic acids is 1. The number of esters is 1. The van der Waals surface area contributed by atoms with Crippen molar-refractivity contribution in [1.82, 2.24) is 0 Å². The predicted molar refractivity (Wildman–Crippen MR) is 80.2 cm³/mol. The molecule has 0 fully saturated rings. The van der Waals surface area contributed by atoms with Crippen molar-refractivity contribution >= 4 is 24.5 Å². The van der Waals surface area contributed by atoms with Crippen molar-refractivity contribution in [3.63, 3.8) is 0 Å². The second kappa shape index (κ2) is 9.33. The van der Waals surface area contributed by atoms with E-state index in [-0.39, 0.29) is 24.5 Å². The fraction of sp³-hybridized carbons (Fsp3) is 0.231. The molecular weight excluding hydrogens is 351 g/mol. The maximum atomic E-state index is 13.5. The second-order valence-electron chi connectivity index (χ2n) is 3.74. The van der Waals surface area contributed by atoms with Gasteiger partial charge in [0.05, 0.1) is 12.2 Å². The zero-order valence-electron chi connectivity index (χ0n) is 11.7. The van der Waals surface area contributed by atoms with Gasteiger partial charge in [-0.25, -0.2) is 13.6 Å². The Morgan fingerprint density at radius 3 is 2.74 bits per heavy atom. The van der Waals surface area contributed by atoms with Crippen LogP contribution in [0, 0.1) is 17.1 Å². The van der Waals surface area contributed by atoms with Crippen LogP contribution < -0.4 is 4.52 Å². The van der Waals surface area contributed by atoms with Crippen LogP contribution in [0.5, 0.6) is 5.75 Å². The van der Waals surface area contributed by atoms with Gasteiger partial charge in [-0.15, -0.1) is 0 Å². The molecule has 0 radical (unpaired) electrons. The lowest BCUT2D eigenvalue weighted by molar-refractivity contribution is -0.138. The molecule has 1 unspecified atom stereocenters. The zero-order chi connectivity index (χ0) is 17.3. The van der Waals surface area contributed by atoms with Gasteiger partial charge < -0.3 is 9.26 Å². The number of ether oxygens (including phenoxy) is 1. The molecule has 124 valence electrons. The minimum absolute atomic E-state index is 0.0821. The van der Waals surface area contributed by atoms with E-state index in [9.17, 15) is 13.6 Å². The summed E-state index contributed by atoms with van der Waals surface area (Å²) in [6.45, 7) is -2.02. The van der Waals surface area contributed by atoms with E-state index in [4.69, 9.17) is 26.1 Å². The molecule has 1 aromatic carbocycles. The summed E-state index contributed by atoms with van der Waals surface area (Å²) in [6, 6.07) is 4.99. The summed E-state index contributed by atoms with van der Waals surface area (Å²) in [5.74, 6) is -1.57. The van der Waals surface area contributed by atoms with E-state index in [1.807, 2.05) is 0 Å². The highest BCUT2D eigenvalue weighted by Gasteiger charge is 2.23. The van der Waals surface area contributed by atoms with Crippen molar-refractivity contribution in [3.05, 3.63) is 42.2 Å². The average Bonchev–Trinajstić information content (AvgIpc) is 2.51. The molecule has 0 amide bonds. The van der Waals surface area contributed by atoms with Crippen molar-refractivity contribution in [2.24, 2.45) is 0 Å². The normalized spacial score (nSPS) is 12.7. The number of halogens is 2. The Bertz CT molecular complexity index is 664. The average molecular weight is 363 g/mol. The summed E-state index contributed by atoms with van der Waals surface area (Å²) >= 11 is 4.95. The highest BCUT2D eigenvalue weighted by Crippen LogP contribution is 2.49. The second-order valence-corrected chi connectivity index (χ2v) is 6.67. The van der Waals surface area contributed by atoms with Gasteiger partial charge in [-0.1, -0.05) is 6.58 Å². The minimum atomic E-state index is -3.56. The Labute approximate surface area is 136 Å². The van der Waals surface area contributed by atoms with E-state index < -0.39 is 25.4 Å². The van der Waals surface area contributed by atoms with Crippen LogP contribution in [-0.2, 0) is 30.4 Å².